The van der Waals surface area contributed by atoms with E-state index in [0.717, 1.165) is 3.57 Å². The molecule has 0 aromatic heterocycles. The van der Waals surface area contributed by atoms with Crippen LogP contribution in [0.15, 0.2) is 18.2 Å². The van der Waals surface area contributed by atoms with Crippen LogP contribution in [0, 0.1) is 15.4 Å². The van der Waals surface area contributed by atoms with Crippen LogP contribution in [0.2, 0.25) is 0 Å². The lowest BCUT2D eigenvalue weighted by Crippen LogP contribution is -2.18. The number of carbonyl (C=O) groups is 2. The van der Waals surface area contributed by atoms with E-state index in [-0.39, 0.29) is 35.3 Å². The highest BCUT2D eigenvalue weighted by atomic mass is 127. The van der Waals surface area contributed by atoms with Gasteiger partial charge in [0, 0.05) is 3.57 Å². The Morgan fingerprint density at radius 1 is 0.947 bits per heavy atom. The second-order valence-electron chi connectivity index (χ2n) is 4.74. The fourth-order valence-corrected chi connectivity index (χ4v) is 1.56. The Morgan fingerprint density at radius 3 is 1.89 bits per heavy atom. The third-order valence-electron chi connectivity index (χ3n) is 2.27. The molecule has 1 aromatic carbocycles. The molecule has 0 aliphatic carbocycles. The summed E-state index contributed by atoms with van der Waals surface area (Å²) in [5.74, 6) is -0.654. The van der Waals surface area contributed by atoms with Crippen LogP contribution in [0.5, 0.6) is 11.5 Å². The van der Waals surface area contributed by atoms with Crippen LogP contribution >= 0.6 is 22.6 Å². The molecule has 0 bridgehead atoms. The first-order valence-electron chi connectivity index (χ1n) is 6.04. The molecule has 5 heteroatoms. The lowest BCUT2D eigenvalue weighted by atomic mass is 10.2. The van der Waals surface area contributed by atoms with Gasteiger partial charge in [-0.1, -0.05) is 27.7 Å². The molecule has 0 heterocycles. The molecular formula is C14H17IO4. The SMILES string of the molecule is CC(C)C(=O)Oc1ccc(I)cc1OC(=O)C(C)C. The normalized spacial score (nSPS) is 10.7. The average Bonchev–Trinajstić information content (AvgIpc) is 2.32. The fraction of sp³-hybridized carbons (Fsp3) is 0.429. The average molecular weight is 376 g/mol. The van der Waals surface area contributed by atoms with Gasteiger partial charge in [0.1, 0.15) is 0 Å². The molecule has 0 unspecified atom stereocenters. The van der Waals surface area contributed by atoms with E-state index < -0.39 is 0 Å². The Kier molecular flexibility index (Phi) is 5.78. The molecule has 0 aliphatic rings. The van der Waals surface area contributed by atoms with Crippen molar-refractivity contribution < 1.29 is 19.1 Å². The van der Waals surface area contributed by atoms with Crippen LogP contribution in [-0.2, 0) is 9.59 Å². The maximum atomic E-state index is 11.6. The van der Waals surface area contributed by atoms with Gasteiger partial charge in [0.05, 0.1) is 11.8 Å². The van der Waals surface area contributed by atoms with Crippen LogP contribution in [-0.4, -0.2) is 11.9 Å². The predicted molar refractivity (Wildman–Crippen MR) is 80.1 cm³/mol. The third kappa shape index (κ3) is 4.81. The zero-order valence-corrected chi connectivity index (χ0v) is 13.6. The number of hydrogen-bond acceptors (Lipinski definition) is 4. The first kappa shape index (κ1) is 15.9. The summed E-state index contributed by atoms with van der Waals surface area (Å²) in [6.45, 7) is 6.98. The van der Waals surface area contributed by atoms with Gasteiger partial charge in [0.25, 0.3) is 0 Å². The van der Waals surface area contributed by atoms with Crippen LogP contribution in [0.3, 0.4) is 0 Å². The van der Waals surface area contributed by atoms with Crippen molar-refractivity contribution in [2.75, 3.05) is 0 Å². The molecule has 0 radical (unpaired) electrons. The summed E-state index contributed by atoms with van der Waals surface area (Å²) >= 11 is 2.10. The summed E-state index contributed by atoms with van der Waals surface area (Å²) in [5.41, 5.74) is 0. The van der Waals surface area contributed by atoms with Crippen molar-refractivity contribution in [2.45, 2.75) is 27.7 Å². The zero-order valence-electron chi connectivity index (χ0n) is 11.4. The van der Waals surface area contributed by atoms with E-state index in [1.54, 1.807) is 45.9 Å². The molecule has 4 nitrogen and oxygen atoms in total. The Balaban J connectivity index is 2.98. The van der Waals surface area contributed by atoms with Crippen molar-refractivity contribution in [1.82, 2.24) is 0 Å². The Morgan fingerprint density at radius 2 is 1.42 bits per heavy atom. The predicted octanol–water partition coefficient (Wildman–Crippen LogP) is 3.41. The summed E-state index contributed by atoms with van der Waals surface area (Å²) in [5, 5.41) is 0. The van der Waals surface area contributed by atoms with Gasteiger partial charge in [-0.05, 0) is 40.8 Å². The number of halogens is 1. The van der Waals surface area contributed by atoms with Crippen molar-refractivity contribution in [3.05, 3.63) is 21.8 Å². The van der Waals surface area contributed by atoms with Gasteiger partial charge in [-0.3, -0.25) is 9.59 Å². The van der Waals surface area contributed by atoms with E-state index >= 15 is 0 Å². The van der Waals surface area contributed by atoms with E-state index in [1.807, 2.05) is 0 Å². The molecule has 0 N–H and O–H groups in total. The summed E-state index contributed by atoms with van der Waals surface area (Å²) in [6, 6.07) is 5.09. The summed E-state index contributed by atoms with van der Waals surface area (Å²) in [4.78, 5) is 23.2. The highest BCUT2D eigenvalue weighted by Gasteiger charge is 2.17. The number of rotatable bonds is 4. The molecule has 19 heavy (non-hydrogen) atoms. The van der Waals surface area contributed by atoms with Crippen molar-refractivity contribution in [1.29, 1.82) is 0 Å². The smallest absolute Gasteiger partial charge is 0.313 e. The topological polar surface area (TPSA) is 52.6 Å². The third-order valence-corrected chi connectivity index (χ3v) is 2.94. The van der Waals surface area contributed by atoms with Crippen molar-refractivity contribution in [2.24, 2.45) is 11.8 Å². The van der Waals surface area contributed by atoms with Gasteiger partial charge in [-0.2, -0.15) is 0 Å². The second-order valence-corrected chi connectivity index (χ2v) is 5.99. The number of carbonyl (C=O) groups excluding carboxylic acids is 2. The standard InChI is InChI=1S/C14H17IO4/c1-8(2)13(16)18-11-6-5-10(15)7-12(11)19-14(17)9(3)4/h5-9H,1-4H3. The Bertz CT molecular complexity index is 480. The monoisotopic (exact) mass is 376 g/mol. The Labute approximate surface area is 126 Å². The first-order valence-corrected chi connectivity index (χ1v) is 7.12. The lowest BCUT2D eigenvalue weighted by molar-refractivity contribution is -0.140. The Hall–Kier alpha value is -1.11. The minimum Gasteiger partial charge on any atom is -0.422 e. The van der Waals surface area contributed by atoms with Gasteiger partial charge in [-0.15, -0.1) is 0 Å². The van der Waals surface area contributed by atoms with Crippen LogP contribution in [0.4, 0.5) is 0 Å². The number of ether oxygens (including phenoxy) is 2. The molecule has 1 aromatic rings. The zero-order chi connectivity index (χ0) is 14.6. The molecule has 1 rings (SSSR count). The molecule has 104 valence electrons. The van der Waals surface area contributed by atoms with Crippen molar-refractivity contribution in [3.63, 3.8) is 0 Å². The minimum atomic E-state index is -0.358. The minimum absolute atomic E-state index is 0.243. The quantitative estimate of drug-likeness (QED) is 0.459. The maximum absolute atomic E-state index is 11.6. The van der Waals surface area contributed by atoms with E-state index in [2.05, 4.69) is 22.6 Å². The molecule has 0 saturated carbocycles. The van der Waals surface area contributed by atoms with Gasteiger partial charge in [-0.25, -0.2) is 0 Å². The summed E-state index contributed by atoms with van der Waals surface area (Å²) < 4.78 is 11.4. The molecule has 0 aliphatic heterocycles. The van der Waals surface area contributed by atoms with Crippen LogP contribution < -0.4 is 9.47 Å². The molecular weight excluding hydrogens is 359 g/mol. The van der Waals surface area contributed by atoms with E-state index in [9.17, 15) is 9.59 Å². The highest BCUT2D eigenvalue weighted by molar-refractivity contribution is 14.1. The van der Waals surface area contributed by atoms with Gasteiger partial charge in [0.2, 0.25) is 0 Å². The molecule has 0 saturated heterocycles. The van der Waals surface area contributed by atoms with Crippen LogP contribution in [0.25, 0.3) is 0 Å². The van der Waals surface area contributed by atoms with Gasteiger partial charge < -0.3 is 9.47 Å². The lowest BCUT2D eigenvalue weighted by Gasteiger charge is -2.13. The first-order chi connectivity index (χ1) is 8.81. The second kappa shape index (κ2) is 6.88. The van der Waals surface area contributed by atoms with Gasteiger partial charge >= 0.3 is 11.9 Å². The summed E-state index contributed by atoms with van der Waals surface area (Å²) in [6.07, 6.45) is 0. The largest absolute Gasteiger partial charge is 0.422 e. The highest BCUT2D eigenvalue weighted by Crippen LogP contribution is 2.30. The van der Waals surface area contributed by atoms with E-state index in [4.69, 9.17) is 9.47 Å². The molecule has 0 fully saturated rings. The molecule has 0 spiro atoms. The summed E-state index contributed by atoms with van der Waals surface area (Å²) in [7, 11) is 0. The van der Waals surface area contributed by atoms with Crippen molar-refractivity contribution in [3.8, 4) is 11.5 Å². The van der Waals surface area contributed by atoms with E-state index in [1.165, 1.54) is 0 Å². The number of benzene rings is 1. The number of hydrogen-bond donors (Lipinski definition) is 0. The fourth-order valence-electron chi connectivity index (χ4n) is 1.10. The van der Waals surface area contributed by atoms with Crippen molar-refractivity contribution >= 4 is 34.5 Å². The van der Waals surface area contributed by atoms with E-state index in [0.29, 0.717) is 0 Å². The number of esters is 2. The maximum Gasteiger partial charge on any atom is 0.313 e. The molecule has 0 amide bonds. The van der Waals surface area contributed by atoms with Gasteiger partial charge in [0.15, 0.2) is 11.5 Å². The molecule has 0 atom stereocenters. The van der Waals surface area contributed by atoms with Crippen LogP contribution in [0.1, 0.15) is 27.7 Å².